The number of hydrogen-bond acceptors (Lipinski definition) is 4. The van der Waals surface area contributed by atoms with E-state index in [2.05, 4.69) is 16.0 Å². The zero-order valence-electron chi connectivity index (χ0n) is 12.8. The van der Waals surface area contributed by atoms with Gasteiger partial charge in [0.25, 0.3) is 0 Å². The van der Waals surface area contributed by atoms with Crippen LogP contribution >= 0.6 is 0 Å². The molecule has 1 N–H and O–H groups in total. The summed E-state index contributed by atoms with van der Waals surface area (Å²) in [7, 11) is 3.16. The number of rotatable bonds is 4. The van der Waals surface area contributed by atoms with Crippen molar-refractivity contribution >= 4 is 22.7 Å². The molecule has 0 aliphatic carbocycles. The number of fused-ring (bicyclic) bond motifs is 1. The Labute approximate surface area is 133 Å². The molecule has 3 rings (SSSR count). The van der Waals surface area contributed by atoms with Crippen LogP contribution in [0.2, 0.25) is 0 Å². The fourth-order valence-electron chi connectivity index (χ4n) is 2.34. The molecule has 23 heavy (non-hydrogen) atoms. The normalized spacial score (nSPS) is 11.3. The number of aromatic amines is 1. The molecule has 0 atom stereocenters. The molecular weight excluding hydrogens is 290 g/mol. The van der Waals surface area contributed by atoms with Crippen molar-refractivity contribution in [1.29, 1.82) is 5.26 Å². The molecule has 0 fully saturated rings. The van der Waals surface area contributed by atoms with Crippen LogP contribution in [0.15, 0.2) is 42.5 Å². The van der Waals surface area contributed by atoms with Gasteiger partial charge in [-0.3, -0.25) is 0 Å². The van der Waals surface area contributed by atoms with Crippen molar-refractivity contribution in [3.63, 3.8) is 0 Å². The van der Waals surface area contributed by atoms with E-state index in [-0.39, 0.29) is 0 Å². The minimum Gasteiger partial charge on any atom is -0.493 e. The Morgan fingerprint density at radius 3 is 2.61 bits per heavy atom. The van der Waals surface area contributed by atoms with Crippen LogP contribution in [0.1, 0.15) is 11.4 Å². The van der Waals surface area contributed by atoms with Gasteiger partial charge in [-0.15, -0.1) is 0 Å². The lowest BCUT2D eigenvalue weighted by Gasteiger charge is -2.07. The fourth-order valence-corrected chi connectivity index (χ4v) is 2.34. The molecule has 3 aromatic rings. The number of imidazole rings is 1. The number of para-hydroxylation sites is 2. The molecule has 0 saturated carbocycles. The summed E-state index contributed by atoms with van der Waals surface area (Å²) < 4.78 is 10.5. The number of H-pyrrole nitrogens is 1. The van der Waals surface area contributed by atoms with E-state index in [1.54, 1.807) is 26.4 Å². The number of methoxy groups -OCH3 is 2. The van der Waals surface area contributed by atoms with Gasteiger partial charge in [0.05, 0.1) is 30.8 Å². The first-order valence-corrected chi connectivity index (χ1v) is 7.04. The van der Waals surface area contributed by atoms with Crippen LogP contribution in [0.4, 0.5) is 0 Å². The predicted octanol–water partition coefficient (Wildman–Crippen LogP) is 3.64. The number of hydrogen-bond donors (Lipinski definition) is 1. The number of ether oxygens (including phenoxy) is 2. The number of benzene rings is 2. The minimum absolute atomic E-state index is 0.452. The van der Waals surface area contributed by atoms with E-state index in [1.807, 2.05) is 36.4 Å². The van der Waals surface area contributed by atoms with E-state index < -0.39 is 0 Å². The molecule has 0 unspecified atom stereocenters. The van der Waals surface area contributed by atoms with E-state index in [0.29, 0.717) is 22.9 Å². The monoisotopic (exact) mass is 305 g/mol. The van der Waals surface area contributed by atoms with Crippen molar-refractivity contribution in [1.82, 2.24) is 9.97 Å². The van der Waals surface area contributed by atoms with Crippen molar-refractivity contribution in [3.05, 3.63) is 53.9 Å². The lowest BCUT2D eigenvalue weighted by molar-refractivity contribution is 0.355. The minimum atomic E-state index is 0.452. The summed E-state index contributed by atoms with van der Waals surface area (Å²) in [6.07, 6.45) is 1.76. The van der Waals surface area contributed by atoms with Gasteiger partial charge >= 0.3 is 0 Å². The summed E-state index contributed by atoms with van der Waals surface area (Å²) in [6, 6.07) is 15.3. The van der Waals surface area contributed by atoms with Crippen LogP contribution in [-0.2, 0) is 0 Å². The van der Waals surface area contributed by atoms with Crippen LogP contribution < -0.4 is 9.47 Å². The van der Waals surface area contributed by atoms with Crippen LogP contribution in [0.3, 0.4) is 0 Å². The Hall–Kier alpha value is -3.26. The van der Waals surface area contributed by atoms with Crippen LogP contribution in [0.25, 0.3) is 22.7 Å². The largest absolute Gasteiger partial charge is 0.493 e. The molecule has 5 nitrogen and oxygen atoms in total. The van der Waals surface area contributed by atoms with Crippen molar-refractivity contribution in [2.45, 2.75) is 0 Å². The molecular formula is C18H15N3O2. The quantitative estimate of drug-likeness (QED) is 0.747. The first kappa shape index (κ1) is 14.7. The second kappa shape index (κ2) is 6.24. The summed E-state index contributed by atoms with van der Waals surface area (Å²) in [6.45, 7) is 0. The van der Waals surface area contributed by atoms with Crippen molar-refractivity contribution in [3.8, 4) is 17.6 Å². The zero-order chi connectivity index (χ0) is 16.2. The van der Waals surface area contributed by atoms with Crippen molar-refractivity contribution in [2.24, 2.45) is 0 Å². The lowest BCUT2D eigenvalue weighted by Crippen LogP contribution is -1.91. The van der Waals surface area contributed by atoms with E-state index >= 15 is 0 Å². The second-order valence-electron chi connectivity index (χ2n) is 4.89. The molecule has 2 aromatic carbocycles. The molecule has 0 amide bonds. The fraction of sp³-hybridized carbons (Fsp3) is 0.111. The second-order valence-corrected chi connectivity index (χ2v) is 4.89. The Morgan fingerprint density at radius 2 is 1.91 bits per heavy atom. The van der Waals surface area contributed by atoms with Gasteiger partial charge in [-0.05, 0) is 35.9 Å². The number of allylic oxidation sites excluding steroid dienone is 1. The van der Waals surface area contributed by atoms with Gasteiger partial charge in [-0.2, -0.15) is 5.26 Å². The number of nitrogens with one attached hydrogen (secondary N) is 1. The van der Waals surface area contributed by atoms with Crippen LogP contribution in [0, 0.1) is 11.3 Å². The van der Waals surface area contributed by atoms with Gasteiger partial charge in [0.2, 0.25) is 0 Å². The summed E-state index contributed by atoms with van der Waals surface area (Å²) in [5, 5.41) is 9.46. The van der Waals surface area contributed by atoms with E-state index in [9.17, 15) is 5.26 Å². The number of nitriles is 1. The number of nitrogens with zero attached hydrogens (tertiary/aromatic N) is 2. The average molecular weight is 305 g/mol. The average Bonchev–Trinajstić information content (AvgIpc) is 3.03. The molecule has 1 heterocycles. The van der Waals surface area contributed by atoms with Crippen molar-refractivity contribution in [2.75, 3.05) is 14.2 Å². The Balaban J connectivity index is 2.03. The third kappa shape index (κ3) is 2.87. The zero-order valence-corrected chi connectivity index (χ0v) is 12.8. The summed E-state index contributed by atoms with van der Waals surface area (Å²) in [4.78, 5) is 7.61. The molecule has 1 aromatic heterocycles. The van der Waals surface area contributed by atoms with Gasteiger partial charge in [0.15, 0.2) is 11.5 Å². The van der Waals surface area contributed by atoms with Gasteiger partial charge in [-0.25, -0.2) is 4.98 Å². The maximum Gasteiger partial charge on any atom is 0.161 e. The van der Waals surface area contributed by atoms with E-state index in [0.717, 1.165) is 16.6 Å². The molecule has 5 heteroatoms. The highest BCUT2D eigenvalue weighted by atomic mass is 16.5. The van der Waals surface area contributed by atoms with E-state index in [1.165, 1.54) is 0 Å². The highest BCUT2D eigenvalue weighted by Crippen LogP contribution is 2.29. The first-order valence-electron chi connectivity index (χ1n) is 7.04. The molecule has 0 aliphatic rings. The van der Waals surface area contributed by atoms with Crippen molar-refractivity contribution < 1.29 is 9.47 Å². The highest BCUT2D eigenvalue weighted by molar-refractivity contribution is 5.90. The molecule has 0 radical (unpaired) electrons. The summed E-state index contributed by atoms with van der Waals surface area (Å²) in [5.41, 5.74) is 3.01. The Morgan fingerprint density at radius 1 is 1.13 bits per heavy atom. The summed E-state index contributed by atoms with van der Waals surface area (Å²) in [5.74, 6) is 1.80. The van der Waals surface area contributed by atoms with Crippen LogP contribution in [-0.4, -0.2) is 24.2 Å². The van der Waals surface area contributed by atoms with Gasteiger partial charge in [0, 0.05) is 0 Å². The predicted molar refractivity (Wildman–Crippen MR) is 89.1 cm³/mol. The smallest absolute Gasteiger partial charge is 0.161 e. The standard InChI is InChI=1S/C18H15N3O2/c1-22-16-8-7-12(10-17(16)23-2)9-13(11-19)18-20-14-5-3-4-6-15(14)21-18/h3-10H,1-2H3,(H,20,21). The van der Waals surface area contributed by atoms with Gasteiger partial charge in [0.1, 0.15) is 11.9 Å². The summed E-state index contributed by atoms with van der Waals surface area (Å²) >= 11 is 0. The van der Waals surface area contributed by atoms with Gasteiger partial charge < -0.3 is 14.5 Å². The van der Waals surface area contributed by atoms with Gasteiger partial charge in [-0.1, -0.05) is 18.2 Å². The third-order valence-electron chi connectivity index (χ3n) is 3.48. The first-order chi connectivity index (χ1) is 11.2. The molecule has 0 saturated heterocycles. The topological polar surface area (TPSA) is 70.9 Å². The van der Waals surface area contributed by atoms with Crippen LogP contribution in [0.5, 0.6) is 11.5 Å². The molecule has 0 aliphatic heterocycles. The Kier molecular flexibility index (Phi) is 3.98. The SMILES string of the molecule is COc1ccc(C=C(C#N)c2nc3ccccc3[nH]2)cc1OC. The highest BCUT2D eigenvalue weighted by Gasteiger charge is 2.09. The Bertz CT molecular complexity index is 886. The third-order valence-corrected chi connectivity index (χ3v) is 3.48. The maximum absolute atomic E-state index is 9.46. The molecule has 0 bridgehead atoms. The molecule has 114 valence electrons. The van der Waals surface area contributed by atoms with E-state index in [4.69, 9.17) is 9.47 Å². The lowest BCUT2D eigenvalue weighted by atomic mass is 10.1. The maximum atomic E-state index is 9.46. The number of aromatic nitrogens is 2. The molecule has 0 spiro atoms.